The lowest BCUT2D eigenvalue weighted by atomic mass is 10.2. The largest absolute Gasteiger partial charge is 0.352 e. The standard InChI is InChI=1S/C20H29N7O/c1-4-19-14(2)10-21-20(23-19)26-7-8-27-18(13-26)9-17(24-27)12-25-6-5-16(11-25)22-15(3)28/h9-10,16H,4-8,11-13H2,1-3H3,(H,22,28)/t16-/m1/s1. The zero-order valence-corrected chi connectivity index (χ0v) is 17.0. The van der Waals surface area contributed by atoms with Gasteiger partial charge in [-0.15, -0.1) is 0 Å². The number of nitrogens with zero attached hydrogens (tertiary/aromatic N) is 6. The quantitative estimate of drug-likeness (QED) is 0.838. The van der Waals surface area contributed by atoms with E-state index in [1.807, 2.05) is 6.20 Å². The maximum atomic E-state index is 11.2. The Bertz CT molecular complexity index is 862. The zero-order chi connectivity index (χ0) is 19.7. The van der Waals surface area contributed by atoms with E-state index in [1.54, 1.807) is 6.92 Å². The second kappa shape index (κ2) is 7.87. The number of rotatable bonds is 5. The van der Waals surface area contributed by atoms with Crippen LogP contribution in [0.3, 0.4) is 0 Å². The average Bonchev–Trinajstić information content (AvgIpc) is 3.27. The van der Waals surface area contributed by atoms with Gasteiger partial charge >= 0.3 is 0 Å². The first-order chi connectivity index (χ1) is 13.5. The molecule has 0 radical (unpaired) electrons. The summed E-state index contributed by atoms with van der Waals surface area (Å²) >= 11 is 0. The topological polar surface area (TPSA) is 79.2 Å². The van der Waals surface area contributed by atoms with E-state index in [0.717, 1.165) is 75.0 Å². The molecule has 0 bridgehead atoms. The van der Waals surface area contributed by atoms with Gasteiger partial charge in [0.05, 0.1) is 24.5 Å². The van der Waals surface area contributed by atoms with Crippen LogP contribution in [-0.4, -0.2) is 56.2 Å². The van der Waals surface area contributed by atoms with E-state index < -0.39 is 0 Å². The molecule has 4 rings (SSSR count). The molecular weight excluding hydrogens is 354 g/mol. The molecule has 0 saturated carbocycles. The van der Waals surface area contributed by atoms with Crippen molar-refractivity contribution in [2.75, 3.05) is 24.5 Å². The lowest BCUT2D eigenvalue weighted by Gasteiger charge is -2.28. The zero-order valence-electron chi connectivity index (χ0n) is 17.0. The van der Waals surface area contributed by atoms with Gasteiger partial charge in [0.2, 0.25) is 11.9 Å². The minimum absolute atomic E-state index is 0.0500. The number of aromatic nitrogens is 4. The Balaban J connectivity index is 1.41. The van der Waals surface area contributed by atoms with Crippen LogP contribution in [-0.2, 0) is 30.8 Å². The molecule has 2 aromatic rings. The van der Waals surface area contributed by atoms with Crippen LogP contribution in [0.1, 0.15) is 42.9 Å². The maximum Gasteiger partial charge on any atom is 0.225 e. The molecule has 1 saturated heterocycles. The Kier molecular flexibility index (Phi) is 5.30. The summed E-state index contributed by atoms with van der Waals surface area (Å²) in [5.41, 5.74) is 4.58. The summed E-state index contributed by atoms with van der Waals surface area (Å²) in [4.78, 5) is 25.1. The first-order valence-corrected chi connectivity index (χ1v) is 10.1. The number of carbonyl (C=O) groups is 1. The van der Waals surface area contributed by atoms with Crippen molar-refractivity contribution in [3.63, 3.8) is 0 Å². The van der Waals surface area contributed by atoms with Crippen molar-refractivity contribution in [1.82, 2.24) is 30.0 Å². The van der Waals surface area contributed by atoms with Crippen molar-refractivity contribution >= 4 is 11.9 Å². The molecule has 28 heavy (non-hydrogen) atoms. The lowest BCUT2D eigenvalue weighted by Crippen LogP contribution is -2.35. The normalized spacial score (nSPS) is 19.7. The van der Waals surface area contributed by atoms with E-state index in [2.05, 4.69) is 44.7 Å². The fourth-order valence-corrected chi connectivity index (χ4v) is 4.16. The monoisotopic (exact) mass is 383 g/mol. The van der Waals surface area contributed by atoms with Gasteiger partial charge in [-0.2, -0.15) is 5.10 Å². The number of carbonyl (C=O) groups excluding carboxylic acids is 1. The van der Waals surface area contributed by atoms with Crippen LogP contribution in [0.4, 0.5) is 5.95 Å². The molecule has 8 nitrogen and oxygen atoms in total. The van der Waals surface area contributed by atoms with E-state index in [0.29, 0.717) is 0 Å². The van der Waals surface area contributed by atoms with Crippen LogP contribution in [0.15, 0.2) is 12.3 Å². The van der Waals surface area contributed by atoms with Crippen molar-refractivity contribution in [3.05, 3.63) is 34.9 Å². The van der Waals surface area contributed by atoms with Crippen LogP contribution in [0.25, 0.3) is 0 Å². The molecule has 0 spiro atoms. The van der Waals surface area contributed by atoms with Gasteiger partial charge in [0.25, 0.3) is 0 Å². The van der Waals surface area contributed by atoms with Gasteiger partial charge in [-0.1, -0.05) is 6.92 Å². The van der Waals surface area contributed by atoms with E-state index in [4.69, 9.17) is 10.1 Å². The van der Waals surface area contributed by atoms with Crippen LogP contribution in [0.2, 0.25) is 0 Å². The summed E-state index contributed by atoms with van der Waals surface area (Å²) in [5.74, 6) is 0.864. The van der Waals surface area contributed by atoms with E-state index in [1.165, 1.54) is 5.69 Å². The molecule has 2 aliphatic rings. The molecule has 0 aliphatic carbocycles. The van der Waals surface area contributed by atoms with Crippen molar-refractivity contribution in [1.29, 1.82) is 0 Å². The molecule has 2 aromatic heterocycles. The Hall–Kier alpha value is -2.48. The minimum atomic E-state index is 0.0500. The second-order valence-electron chi connectivity index (χ2n) is 7.85. The van der Waals surface area contributed by atoms with Gasteiger partial charge in [0, 0.05) is 51.0 Å². The summed E-state index contributed by atoms with van der Waals surface area (Å²) in [6.45, 7) is 11.0. The summed E-state index contributed by atoms with van der Waals surface area (Å²) in [7, 11) is 0. The van der Waals surface area contributed by atoms with Crippen molar-refractivity contribution in [2.45, 2.75) is 59.3 Å². The molecular formula is C20H29N7O. The predicted molar refractivity (Wildman–Crippen MR) is 107 cm³/mol. The van der Waals surface area contributed by atoms with E-state index >= 15 is 0 Å². The van der Waals surface area contributed by atoms with Gasteiger partial charge in [-0.25, -0.2) is 9.97 Å². The van der Waals surface area contributed by atoms with Crippen LogP contribution in [0.5, 0.6) is 0 Å². The van der Waals surface area contributed by atoms with Crippen LogP contribution >= 0.6 is 0 Å². The second-order valence-corrected chi connectivity index (χ2v) is 7.85. The minimum Gasteiger partial charge on any atom is -0.352 e. The molecule has 4 heterocycles. The molecule has 2 aliphatic heterocycles. The number of fused-ring (bicyclic) bond motifs is 1. The molecule has 150 valence electrons. The van der Waals surface area contributed by atoms with Gasteiger partial charge in [-0.3, -0.25) is 14.4 Å². The van der Waals surface area contributed by atoms with E-state index in [-0.39, 0.29) is 11.9 Å². The number of hydrogen-bond donors (Lipinski definition) is 1. The summed E-state index contributed by atoms with van der Waals surface area (Å²) in [6, 6.07) is 2.46. The Morgan fingerprint density at radius 1 is 1.32 bits per heavy atom. The molecule has 1 N–H and O–H groups in total. The first-order valence-electron chi connectivity index (χ1n) is 10.1. The molecule has 1 atom stereocenters. The molecule has 0 aromatic carbocycles. The summed E-state index contributed by atoms with van der Waals surface area (Å²) in [6.07, 6.45) is 3.86. The number of nitrogens with one attached hydrogen (secondary N) is 1. The van der Waals surface area contributed by atoms with Crippen molar-refractivity contribution in [3.8, 4) is 0 Å². The van der Waals surface area contributed by atoms with Crippen LogP contribution < -0.4 is 10.2 Å². The number of hydrogen-bond acceptors (Lipinski definition) is 6. The van der Waals surface area contributed by atoms with Gasteiger partial charge < -0.3 is 10.2 Å². The highest BCUT2D eigenvalue weighted by Crippen LogP contribution is 2.21. The number of anilines is 1. The smallest absolute Gasteiger partial charge is 0.225 e. The molecule has 1 amide bonds. The Morgan fingerprint density at radius 2 is 2.18 bits per heavy atom. The van der Waals surface area contributed by atoms with Crippen molar-refractivity contribution < 1.29 is 4.79 Å². The summed E-state index contributed by atoms with van der Waals surface area (Å²) < 4.78 is 2.11. The third-order valence-corrected chi connectivity index (χ3v) is 5.60. The summed E-state index contributed by atoms with van der Waals surface area (Å²) in [5, 5.41) is 7.81. The third-order valence-electron chi connectivity index (χ3n) is 5.60. The maximum absolute atomic E-state index is 11.2. The molecule has 8 heteroatoms. The van der Waals surface area contributed by atoms with Gasteiger partial charge in [0.15, 0.2) is 0 Å². The van der Waals surface area contributed by atoms with Crippen molar-refractivity contribution in [2.24, 2.45) is 0 Å². The predicted octanol–water partition coefficient (Wildman–Crippen LogP) is 1.27. The number of aryl methyl sites for hydroxylation is 2. The number of amides is 1. The van der Waals surface area contributed by atoms with Gasteiger partial charge in [0.1, 0.15) is 0 Å². The lowest BCUT2D eigenvalue weighted by molar-refractivity contribution is -0.119. The molecule has 1 fully saturated rings. The highest BCUT2D eigenvalue weighted by atomic mass is 16.1. The highest BCUT2D eigenvalue weighted by molar-refractivity contribution is 5.73. The number of likely N-dealkylation sites (tertiary alicyclic amines) is 1. The SMILES string of the molecule is CCc1nc(N2CCn3nc(CN4CC[C@@H](NC(C)=O)C4)cc3C2)ncc1C. The highest BCUT2D eigenvalue weighted by Gasteiger charge is 2.25. The van der Waals surface area contributed by atoms with E-state index in [9.17, 15) is 4.79 Å². The average molecular weight is 384 g/mol. The first kappa shape index (κ1) is 18.9. The third kappa shape index (κ3) is 4.01. The van der Waals surface area contributed by atoms with Gasteiger partial charge in [-0.05, 0) is 31.4 Å². The molecule has 0 unspecified atom stereocenters. The Morgan fingerprint density at radius 3 is 2.96 bits per heavy atom. The fraction of sp³-hybridized carbons (Fsp3) is 0.600. The van der Waals surface area contributed by atoms with Crippen LogP contribution in [0, 0.1) is 6.92 Å². The fourth-order valence-electron chi connectivity index (χ4n) is 4.16. The Labute approximate surface area is 165 Å².